The minimum Gasteiger partial charge on any atom is -0.477 e. The number of carbonyl (C=O) groups is 1. The second-order valence-electron chi connectivity index (χ2n) is 3.44. The van der Waals surface area contributed by atoms with Gasteiger partial charge in [-0.1, -0.05) is 0 Å². The summed E-state index contributed by atoms with van der Waals surface area (Å²) >= 11 is 4.12. The molecule has 2 aromatic rings. The van der Waals surface area contributed by atoms with E-state index < -0.39 is 17.2 Å². The number of aromatic carboxylic acids is 1. The monoisotopic (exact) mass is 330 g/mol. The Bertz CT molecular complexity index is 715. The second kappa shape index (κ2) is 4.91. The number of nitrogens with zero attached hydrogens (tertiary/aromatic N) is 1. The van der Waals surface area contributed by atoms with Crippen molar-refractivity contribution in [2.45, 2.75) is 6.54 Å². The molecule has 0 bridgehead atoms. The van der Waals surface area contributed by atoms with E-state index in [1.807, 2.05) is 0 Å². The molecule has 0 amide bonds. The standard InChI is InChI=1S/C10H7BrN2O4S/c11-6-4-13(10(17)12-8(6)14)3-5-1-2-7(18-5)9(15)16/h1-2,4H,3H2,(H,15,16)(H,12,14,17). The summed E-state index contributed by atoms with van der Waals surface area (Å²) in [5.74, 6) is -0.999. The Hall–Kier alpha value is -1.67. The number of rotatable bonds is 3. The maximum Gasteiger partial charge on any atom is 0.345 e. The third kappa shape index (κ3) is 2.59. The maximum absolute atomic E-state index is 11.5. The van der Waals surface area contributed by atoms with Gasteiger partial charge in [-0.2, -0.15) is 0 Å². The highest BCUT2D eigenvalue weighted by Gasteiger charge is 2.08. The van der Waals surface area contributed by atoms with Crippen molar-refractivity contribution in [1.82, 2.24) is 9.55 Å². The van der Waals surface area contributed by atoms with Gasteiger partial charge in [0.1, 0.15) is 4.88 Å². The highest BCUT2D eigenvalue weighted by atomic mass is 79.9. The number of hydrogen-bond acceptors (Lipinski definition) is 4. The van der Waals surface area contributed by atoms with E-state index in [0.717, 1.165) is 11.3 Å². The van der Waals surface area contributed by atoms with Crippen LogP contribution >= 0.6 is 27.3 Å². The number of carboxylic acid groups (broad SMARTS) is 1. The van der Waals surface area contributed by atoms with Crippen LogP contribution in [0.2, 0.25) is 0 Å². The Balaban J connectivity index is 2.34. The highest BCUT2D eigenvalue weighted by Crippen LogP contribution is 2.17. The summed E-state index contributed by atoms with van der Waals surface area (Å²) < 4.78 is 1.54. The van der Waals surface area contributed by atoms with E-state index in [4.69, 9.17) is 5.11 Å². The van der Waals surface area contributed by atoms with Crippen molar-refractivity contribution < 1.29 is 9.90 Å². The van der Waals surface area contributed by atoms with Gasteiger partial charge in [0.05, 0.1) is 11.0 Å². The first-order valence-corrected chi connectivity index (χ1v) is 6.39. The fraction of sp³-hybridized carbons (Fsp3) is 0.100. The fourth-order valence-corrected chi connectivity index (χ4v) is 2.54. The van der Waals surface area contributed by atoms with Crippen molar-refractivity contribution in [2.75, 3.05) is 0 Å². The number of hydrogen-bond donors (Lipinski definition) is 2. The van der Waals surface area contributed by atoms with Crippen molar-refractivity contribution in [3.63, 3.8) is 0 Å². The molecule has 18 heavy (non-hydrogen) atoms. The largest absolute Gasteiger partial charge is 0.477 e. The van der Waals surface area contributed by atoms with Crippen LogP contribution < -0.4 is 11.2 Å². The molecule has 0 spiro atoms. The molecule has 8 heteroatoms. The molecule has 0 unspecified atom stereocenters. The molecule has 94 valence electrons. The molecular weight excluding hydrogens is 324 g/mol. The van der Waals surface area contributed by atoms with Crippen molar-refractivity contribution in [1.29, 1.82) is 0 Å². The summed E-state index contributed by atoms with van der Waals surface area (Å²) in [6, 6.07) is 3.12. The molecule has 6 nitrogen and oxygen atoms in total. The molecule has 0 atom stereocenters. The highest BCUT2D eigenvalue weighted by molar-refractivity contribution is 9.10. The first-order chi connectivity index (χ1) is 8.47. The number of nitrogens with one attached hydrogen (secondary N) is 1. The fourth-order valence-electron chi connectivity index (χ4n) is 1.35. The van der Waals surface area contributed by atoms with Crippen LogP contribution in [0.4, 0.5) is 0 Å². The lowest BCUT2D eigenvalue weighted by Gasteiger charge is -2.02. The van der Waals surface area contributed by atoms with E-state index in [1.165, 1.54) is 16.8 Å². The van der Waals surface area contributed by atoms with Gasteiger partial charge in [0.15, 0.2) is 0 Å². The SMILES string of the molecule is O=C(O)c1ccc(Cn2cc(Br)c(=O)[nH]c2=O)s1. The number of carboxylic acids is 1. The third-order valence-corrected chi connectivity index (χ3v) is 3.79. The Morgan fingerprint density at radius 2 is 2.17 bits per heavy atom. The molecule has 0 saturated carbocycles. The van der Waals surface area contributed by atoms with Crippen molar-refractivity contribution in [2.24, 2.45) is 0 Å². The van der Waals surface area contributed by atoms with E-state index in [2.05, 4.69) is 20.9 Å². The van der Waals surface area contributed by atoms with Gasteiger partial charge in [0.2, 0.25) is 0 Å². The van der Waals surface area contributed by atoms with Crippen LogP contribution in [-0.4, -0.2) is 20.6 Å². The van der Waals surface area contributed by atoms with E-state index in [0.29, 0.717) is 4.88 Å². The molecule has 2 aromatic heterocycles. The average Bonchev–Trinajstić information content (AvgIpc) is 2.74. The van der Waals surface area contributed by atoms with Gasteiger partial charge in [-0.05, 0) is 28.1 Å². The van der Waals surface area contributed by atoms with Crippen LogP contribution in [0, 0.1) is 0 Å². The quantitative estimate of drug-likeness (QED) is 0.881. The number of aromatic amines is 1. The van der Waals surface area contributed by atoms with Crippen LogP contribution in [0.3, 0.4) is 0 Å². The number of aromatic nitrogens is 2. The zero-order chi connectivity index (χ0) is 13.3. The van der Waals surface area contributed by atoms with E-state index in [-0.39, 0.29) is 15.9 Å². The summed E-state index contributed by atoms with van der Waals surface area (Å²) in [6.45, 7) is 0.214. The predicted octanol–water partition coefficient (Wildman–Crippen LogP) is 1.11. The number of H-pyrrole nitrogens is 1. The van der Waals surface area contributed by atoms with Crippen molar-refractivity contribution in [3.05, 3.63) is 53.4 Å². The van der Waals surface area contributed by atoms with Crippen molar-refractivity contribution in [3.8, 4) is 0 Å². The first kappa shape index (κ1) is 12.8. The third-order valence-electron chi connectivity index (χ3n) is 2.17. The average molecular weight is 331 g/mol. The second-order valence-corrected chi connectivity index (χ2v) is 5.46. The van der Waals surface area contributed by atoms with Crippen molar-refractivity contribution >= 4 is 33.2 Å². The van der Waals surface area contributed by atoms with E-state index in [1.54, 1.807) is 6.07 Å². The molecule has 0 aromatic carbocycles. The normalized spacial score (nSPS) is 10.5. The van der Waals surface area contributed by atoms with Crippen LogP contribution in [0.15, 0.2) is 32.4 Å². The molecule has 2 rings (SSSR count). The summed E-state index contributed by atoms with van der Waals surface area (Å²) in [5, 5.41) is 8.79. The molecule has 0 aliphatic carbocycles. The summed E-state index contributed by atoms with van der Waals surface area (Å²) in [7, 11) is 0. The van der Waals surface area contributed by atoms with Gasteiger partial charge in [0.25, 0.3) is 5.56 Å². The molecule has 0 saturated heterocycles. The number of thiophene rings is 1. The summed E-state index contributed by atoms with van der Waals surface area (Å²) in [4.78, 5) is 36.5. The zero-order valence-corrected chi connectivity index (χ0v) is 11.2. The zero-order valence-electron chi connectivity index (χ0n) is 8.84. The molecule has 0 radical (unpaired) electrons. The van der Waals surface area contributed by atoms with Gasteiger partial charge >= 0.3 is 11.7 Å². The van der Waals surface area contributed by atoms with Gasteiger partial charge < -0.3 is 5.11 Å². The topological polar surface area (TPSA) is 92.2 Å². The lowest BCUT2D eigenvalue weighted by Crippen LogP contribution is -2.29. The number of halogens is 1. The predicted molar refractivity (Wildman–Crippen MR) is 69.4 cm³/mol. The Morgan fingerprint density at radius 1 is 1.44 bits per heavy atom. The smallest absolute Gasteiger partial charge is 0.345 e. The van der Waals surface area contributed by atoms with E-state index >= 15 is 0 Å². The van der Waals surface area contributed by atoms with Crippen LogP contribution in [0.5, 0.6) is 0 Å². The lowest BCUT2D eigenvalue weighted by atomic mass is 10.4. The van der Waals surface area contributed by atoms with Crippen LogP contribution in [0.1, 0.15) is 14.5 Å². The molecule has 2 heterocycles. The van der Waals surface area contributed by atoms with Gasteiger partial charge in [-0.3, -0.25) is 14.3 Å². The molecule has 0 aliphatic rings. The lowest BCUT2D eigenvalue weighted by molar-refractivity contribution is 0.0702. The summed E-state index contributed by atoms with van der Waals surface area (Å²) in [6.07, 6.45) is 1.38. The maximum atomic E-state index is 11.5. The Labute approximate surface area is 113 Å². The molecular formula is C10H7BrN2O4S. The van der Waals surface area contributed by atoms with Gasteiger partial charge in [0, 0.05) is 11.1 Å². The molecule has 0 fully saturated rings. The minimum absolute atomic E-state index is 0.210. The van der Waals surface area contributed by atoms with Crippen LogP contribution in [0.25, 0.3) is 0 Å². The Morgan fingerprint density at radius 3 is 2.78 bits per heavy atom. The van der Waals surface area contributed by atoms with E-state index in [9.17, 15) is 14.4 Å². The Kier molecular flexibility index (Phi) is 3.48. The molecule has 0 aliphatic heterocycles. The molecule has 2 N–H and O–H groups in total. The first-order valence-electron chi connectivity index (χ1n) is 4.78. The minimum atomic E-state index is -0.999. The van der Waals surface area contributed by atoms with Gasteiger partial charge in [-0.25, -0.2) is 9.59 Å². The van der Waals surface area contributed by atoms with Gasteiger partial charge in [-0.15, -0.1) is 11.3 Å². The summed E-state index contributed by atoms with van der Waals surface area (Å²) in [5.41, 5.74) is -1.03. The van der Waals surface area contributed by atoms with Crippen LogP contribution in [-0.2, 0) is 6.54 Å².